The first-order valence-electron chi connectivity index (χ1n) is 6.86. The van der Waals surface area contributed by atoms with Gasteiger partial charge >= 0.3 is 0 Å². The highest BCUT2D eigenvalue weighted by atomic mass is 32.1. The van der Waals surface area contributed by atoms with Gasteiger partial charge in [0, 0.05) is 13.0 Å². The lowest BCUT2D eigenvalue weighted by Gasteiger charge is -2.18. The van der Waals surface area contributed by atoms with Gasteiger partial charge in [0.2, 0.25) is 5.13 Å². The predicted octanol–water partition coefficient (Wildman–Crippen LogP) is 3.44. The molecule has 2 N–H and O–H groups in total. The second-order valence-electron chi connectivity index (χ2n) is 5.04. The summed E-state index contributed by atoms with van der Waals surface area (Å²) >= 11 is 3.14. The Hall–Kier alpha value is -1.05. The van der Waals surface area contributed by atoms with Crippen LogP contribution in [0.1, 0.15) is 48.7 Å². The molecule has 1 fully saturated rings. The molecule has 5 nitrogen and oxygen atoms in total. The summed E-state index contributed by atoms with van der Waals surface area (Å²) in [5, 5.41) is 10.6. The van der Waals surface area contributed by atoms with E-state index < -0.39 is 0 Å². The second-order valence-corrected chi connectivity index (χ2v) is 7.08. The summed E-state index contributed by atoms with van der Waals surface area (Å²) in [5.41, 5.74) is 6.65. The third-order valence-electron chi connectivity index (χ3n) is 3.58. The lowest BCUT2D eigenvalue weighted by atomic mass is 9.90. The van der Waals surface area contributed by atoms with Crippen LogP contribution >= 0.6 is 22.7 Å². The molecular weight excluding hydrogens is 292 g/mol. The zero-order valence-corrected chi connectivity index (χ0v) is 13.1. The van der Waals surface area contributed by atoms with E-state index in [4.69, 9.17) is 15.5 Å². The summed E-state index contributed by atoms with van der Waals surface area (Å²) in [6.45, 7) is 0.512. The van der Waals surface area contributed by atoms with E-state index in [-0.39, 0.29) is 0 Å². The molecule has 1 aliphatic carbocycles. The van der Waals surface area contributed by atoms with Crippen molar-refractivity contribution in [3.63, 3.8) is 0 Å². The van der Waals surface area contributed by atoms with Gasteiger partial charge in [-0.1, -0.05) is 30.6 Å². The number of aromatic nitrogens is 3. The Morgan fingerprint density at radius 2 is 2.00 bits per heavy atom. The molecule has 0 aromatic carbocycles. The largest absolute Gasteiger partial charge is 0.378 e. The van der Waals surface area contributed by atoms with E-state index >= 15 is 0 Å². The molecule has 0 spiro atoms. The molecule has 20 heavy (non-hydrogen) atoms. The Labute approximate surface area is 126 Å². The van der Waals surface area contributed by atoms with Crippen LogP contribution in [0.15, 0.2) is 0 Å². The maximum atomic E-state index is 5.69. The van der Waals surface area contributed by atoms with Crippen LogP contribution in [-0.2, 0) is 11.3 Å². The SMILES string of the molecule is COCc1nc(C2CCCCC2)sc1-c1nnc(N)s1. The van der Waals surface area contributed by atoms with Crippen molar-refractivity contribution in [3.05, 3.63) is 10.7 Å². The molecule has 0 atom stereocenters. The average molecular weight is 310 g/mol. The van der Waals surface area contributed by atoms with Gasteiger partial charge in [-0.15, -0.1) is 21.5 Å². The van der Waals surface area contributed by atoms with Crippen molar-refractivity contribution in [1.82, 2.24) is 15.2 Å². The van der Waals surface area contributed by atoms with E-state index in [2.05, 4.69) is 10.2 Å². The number of nitrogens with zero attached hydrogens (tertiary/aromatic N) is 3. The first kappa shape index (κ1) is 13.9. The molecule has 0 saturated heterocycles. The van der Waals surface area contributed by atoms with Gasteiger partial charge in [-0.3, -0.25) is 0 Å². The van der Waals surface area contributed by atoms with Crippen molar-refractivity contribution in [2.45, 2.75) is 44.6 Å². The van der Waals surface area contributed by atoms with Crippen molar-refractivity contribution < 1.29 is 4.74 Å². The molecular formula is C13H18N4OS2. The summed E-state index contributed by atoms with van der Waals surface area (Å²) in [5.74, 6) is 0.600. The van der Waals surface area contributed by atoms with Crippen molar-refractivity contribution >= 4 is 27.8 Å². The van der Waals surface area contributed by atoms with Gasteiger partial charge in [0.15, 0.2) is 5.01 Å². The Balaban J connectivity index is 1.93. The van der Waals surface area contributed by atoms with E-state index in [1.54, 1.807) is 18.4 Å². The number of ether oxygens (including phenoxy) is 1. The fraction of sp³-hybridized carbons (Fsp3) is 0.615. The van der Waals surface area contributed by atoms with Crippen LogP contribution in [0.25, 0.3) is 9.88 Å². The zero-order chi connectivity index (χ0) is 13.9. The summed E-state index contributed by atoms with van der Waals surface area (Å²) in [6.07, 6.45) is 6.47. The minimum atomic E-state index is 0.496. The van der Waals surface area contributed by atoms with E-state index in [0.717, 1.165) is 15.6 Å². The van der Waals surface area contributed by atoms with Crippen molar-refractivity contribution in [3.8, 4) is 9.88 Å². The van der Waals surface area contributed by atoms with E-state index in [0.29, 0.717) is 17.7 Å². The van der Waals surface area contributed by atoms with Crippen LogP contribution in [0.5, 0.6) is 0 Å². The van der Waals surface area contributed by atoms with Gasteiger partial charge in [-0.25, -0.2) is 4.98 Å². The van der Waals surface area contributed by atoms with Crippen LogP contribution in [0.3, 0.4) is 0 Å². The predicted molar refractivity (Wildman–Crippen MR) is 82.0 cm³/mol. The normalized spacial score (nSPS) is 16.6. The average Bonchev–Trinajstić information content (AvgIpc) is 3.07. The van der Waals surface area contributed by atoms with Crippen LogP contribution in [-0.4, -0.2) is 22.3 Å². The highest BCUT2D eigenvalue weighted by Gasteiger charge is 2.23. The highest BCUT2D eigenvalue weighted by Crippen LogP contribution is 2.40. The molecule has 2 heterocycles. The van der Waals surface area contributed by atoms with Crippen LogP contribution < -0.4 is 5.73 Å². The first-order valence-corrected chi connectivity index (χ1v) is 8.49. The van der Waals surface area contributed by atoms with Gasteiger partial charge in [-0.2, -0.15) is 0 Å². The van der Waals surface area contributed by atoms with E-state index in [1.807, 2.05) is 0 Å². The van der Waals surface area contributed by atoms with Crippen molar-refractivity contribution in [1.29, 1.82) is 0 Å². The molecule has 1 aliphatic rings. The fourth-order valence-electron chi connectivity index (χ4n) is 2.62. The topological polar surface area (TPSA) is 73.9 Å². The summed E-state index contributed by atoms with van der Waals surface area (Å²) in [7, 11) is 1.69. The van der Waals surface area contributed by atoms with Crippen LogP contribution in [0.2, 0.25) is 0 Å². The lowest BCUT2D eigenvalue weighted by Crippen LogP contribution is -2.04. The van der Waals surface area contributed by atoms with E-state index in [1.165, 1.54) is 48.4 Å². The Morgan fingerprint density at radius 1 is 1.20 bits per heavy atom. The van der Waals surface area contributed by atoms with Crippen molar-refractivity contribution in [2.24, 2.45) is 0 Å². The van der Waals surface area contributed by atoms with Crippen molar-refractivity contribution in [2.75, 3.05) is 12.8 Å². The molecule has 3 rings (SSSR count). The molecule has 0 unspecified atom stereocenters. The first-order chi connectivity index (χ1) is 9.78. The highest BCUT2D eigenvalue weighted by molar-refractivity contribution is 7.23. The summed E-state index contributed by atoms with van der Waals surface area (Å²) in [4.78, 5) is 5.87. The summed E-state index contributed by atoms with van der Waals surface area (Å²) < 4.78 is 5.27. The molecule has 2 aromatic rings. The van der Waals surface area contributed by atoms with Crippen LogP contribution in [0, 0.1) is 0 Å². The fourth-order valence-corrected chi connectivity index (χ4v) is 4.56. The standard InChI is InChI=1S/C13H18N4OS2/c1-18-7-9-10(12-16-17-13(14)20-12)19-11(15-9)8-5-3-2-4-6-8/h8H,2-7H2,1H3,(H2,14,17). The van der Waals surface area contributed by atoms with Gasteiger partial charge in [0.1, 0.15) is 0 Å². The molecule has 0 radical (unpaired) electrons. The number of nitrogen functional groups attached to an aromatic ring is 1. The number of anilines is 1. The zero-order valence-electron chi connectivity index (χ0n) is 11.5. The monoisotopic (exact) mass is 310 g/mol. The maximum Gasteiger partial charge on any atom is 0.203 e. The lowest BCUT2D eigenvalue weighted by molar-refractivity contribution is 0.182. The van der Waals surface area contributed by atoms with E-state index in [9.17, 15) is 0 Å². The number of methoxy groups -OCH3 is 1. The molecule has 2 aromatic heterocycles. The minimum absolute atomic E-state index is 0.496. The number of nitrogens with two attached hydrogens (primary N) is 1. The Bertz CT molecular complexity index is 575. The van der Waals surface area contributed by atoms with Gasteiger partial charge in [0.25, 0.3) is 0 Å². The number of rotatable bonds is 4. The summed E-state index contributed by atoms with van der Waals surface area (Å²) in [6, 6.07) is 0. The van der Waals surface area contributed by atoms with Gasteiger partial charge < -0.3 is 10.5 Å². The maximum absolute atomic E-state index is 5.69. The molecule has 108 valence electrons. The second kappa shape index (κ2) is 6.15. The third kappa shape index (κ3) is 2.84. The smallest absolute Gasteiger partial charge is 0.203 e. The molecule has 7 heteroatoms. The molecule has 1 saturated carbocycles. The number of thiazole rings is 1. The molecule has 0 bridgehead atoms. The minimum Gasteiger partial charge on any atom is -0.378 e. The molecule has 0 aliphatic heterocycles. The van der Waals surface area contributed by atoms with Crippen LogP contribution in [0.4, 0.5) is 5.13 Å². The number of hydrogen-bond acceptors (Lipinski definition) is 7. The Kier molecular flexibility index (Phi) is 4.28. The quantitative estimate of drug-likeness (QED) is 0.936. The Morgan fingerprint density at radius 3 is 2.65 bits per heavy atom. The van der Waals surface area contributed by atoms with Gasteiger partial charge in [-0.05, 0) is 12.8 Å². The molecule has 0 amide bonds. The number of hydrogen-bond donors (Lipinski definition) is 1. The van der Waals surface area contributed by atoms with Gasteiger partial charge in [0.05, 0.1) is 22.2 Å². The third-order valence-corrected chi connectivity index (χ3v) is 5.75.